The number of benzene rings is 2. The van der Waals surface area contributed by atoms with Crippen molar-refractivity contribution in [3.05, 3.63) is 48.0 Å². The van der Waals surface area contributed by atoms with E-state index in [9.17, 15) is 4.79 Å². The molecule has 2 N–H and O–H groups in total. The van der Waals surface area contributed by atoms with E-state index in [2.05, 4.69) is 20.6 Å². The molecule has 0 saturated heterocycles. The quantitative estimate of drug-likeness (QED) is 0.708. The van der Waals surface area contributed by atoms with Crippen LogP contribution in [0.1, 0.15) is 12.5 Å². The summed E-state index contributed by atoms with van der Waals surface area (Å²) in [5.74, 6) is 2.04. The molecule has 1 amide bonds. The fourth-order valence-electron chi connectivity index (χ4n) is 2.60. The van der Waals surface area contributed by atoms with Gasteiger partial charge in [0.2, 0.25) is 11.9 Å². The van der Waals surface area contributed by atoms with Gasteiger partial charge in [-0.1, -0.05) is 18.2 Å². The van der Waals surface area contributed by atoms with Crippen molar-refractivity contribution in [2.45, 2.75) is 13.5 Å². The second-order valence-corrected chi connectivity index (χ2v) is 5.64. The number of hydrogen-bond acceptors (Lipinski definition) is 6. The zero-order valence-corrected chi connectivity index (χ0v) is 14.9. The van der Waals surface area contributed by atoms with Crippen molar-refractivity contribution in [1.29, 1.82) is 0 Å². The van der Waals surface area contributed by atoms with Crippen LogP contribution in [0, 0.1) is 0 Å². The second-order valence-electron chi connectivity index (χ2n) is 5.64. The van der Waals surface area contributed by atoms with Crippen molar-refractivity contribution < 1.29 is 14.3 Å². The molecule has 0 atom stereocenters. The standard InChI is InChI=1S/C19H20N4O3/c1-12(24)21-19-22-15-7-5-4-6-14(15)18(23-19)20-11-13-8-9-16(25-2)17(10-13)26-3/h4-10H,11H2,1-3H3,(H2,20,21,22,23,24). The van der Waals surface area contributed by atoms with Gasteiger partial charge in [0.25, 0.3) is 0 Å². The van der Waals surface area contributed by atoms with Crippen LogP contribution in [0.5, 0.6) is 11.5 Å². The monoisotopic (exact) mass is 352 g/mol. The molecule has 26 heavy (non-hydrogen) atoms. The highest BCUT2D eigenvalue weighted by Crippen LogP contribution is 2.28. The Kier molecular flexibility index (Phi) is 5.17. The Morgan fingerprint density at radius 3 is 2.54 bits per heavy atom. The molecule has 0 aliphatic carbocycles. The van der Waals surface area contributed by atoms with Gasteiger partial charge < -0.3 is 14.8 Å². The molecule has 1 aromatic heterocycles. The van der Waals surface area contributed by atoms with Crippen molar-refractivity contribution in [3.63, 3.8) is 0 Å². The minimum atomic E-state index is -0.217. The van der Waals surface area contributed by atoms with Gasteiger partial charge in [0, 0.05) is 18.9 Å². The third-order valence-electron chi connectivity index (χ3n) is 3.80. The maximum absolute atomic E-state index is 11.3. The summed E-state index contributed by atoms with van der Waals surface area (Å²) in [6.45, 7) is 1.95. The van der Waals surface area contributed by atoms with Gasteiger partial charge in [-0.25, -0.2) is 4.98 Å². The molecule has 7 heteroatoms. The van der Waals surface area contributed by atoms with Gasteiger partial charge in [0.15, 0.2) is 11.5 Å². The maximum Gasteiger partial charge on any atom is 0.231 e. The SMILES string of the molecule is COc1ccc(CNc2nc(NC(C)=O)nc3ccccc23)cc1OC. The molecular formula is C19H20N4O3. The average Bonchev–Trinajstić information content (AvgIpc) is 2.65. The van der Waals surface area contributed by atoms with Crippen LogP contribution in [0.4, 0.5) is 11.8 Å². The summed E-state index contributed by atoms with van der Waals surface area (Å²) in [7, 11) is 3.21. The summed E-state index contributed by atoms with van der Waals surface area (Å²) >= 11 is 0. The van der Waals surface area contributed by atoms with E-state index in [0.717, 1.165) is 16.5 Å². The molecule has 0 spiro atoms. The third kappa shape index (κ3) is 3.83. The molecule has 0 radical (unpaired) electrons. The van der Waals surface area contributed by atoms with Crippen LogP contribution in [0.15, 0.2) is 42.5 Å². The Labute approximate surface area is 151 Å². The van der Waals surface area contributed by atoms with Gasteiger partial charge in [0.1, 0.15) is 5.82 Å². The number of carbonyl (C=O) groups is 1. The first kappa shape index (κ1) is 17.5. The zero-order valence-electron chi connectivity index (χ0n) is 14.9. The summed E-state index contributed by atoms with van der Waals surface area (Å²) in [6.07, 6.45) is 0. The molecule has 1 heterocycles. The largest absolute Gasteiger partial charge is 0.493 e. The van der Waals surface area contributed by atoms with Crippen LogP contribution in [0.2, 0.25) is 0 Å². The first-order valence-electron chi connectivity index (χ1n) is 8.10. The fraction of sp³-hybridized carbons (Fsp3) is 0.211. The van der Waals surface area contributed by atoms with Gasteiger partial charge in [-0.2, -0.15) is 4.98 Å². The lowest BCUT2D eigenvalue weighted by atomic mass is 10.2. The molecular weight excluding hydrogens is 332 g/mol. The van der Waals surface area contributed by atoms with Gasteiger partial charge in [-0.15, -0.1) is 0 Å². The van der Waals surface area contributed by atoms with E-state index in [1.54, 1.807) is 14.2 Å². The smallest absolute Gasteiger partial charge is 0.231 e. The van der Waals surface area contributed by atoms with E-state index in [-0.39, 0.29) is 11.9 Å². The number of nitrogens with one attached hydrogen (secondary N) is 2. The lowest BCUT2D eigenvalue weighted by molar-refractivity contribution is -0.114. The first-order valence-corrected chi connectivity index (χ1v) is 8.10. The predicted octanol–water partition coefficient (Wildman–Crippen LogP) is 3.22. The molecule has 0 saturated carbocycles. The van der Waals surface area contributed by atoms with Crippen LogP contribution in [0.3, 0.4) is 0 Å². The topological polar surface area (TPSA) is 85.4 Å². The number of hydrogen-bond donors (Lipinski definition) is 2. The number of aromatic nitrogens is 2. The zero-order chi connectivity index (χ0) is 18.5. The van der Waals surface area contributed by atoms with Crippen LogP contribution >= 0.6 is 0 Å². The van der Waals surface area contributed by atoms with E-state index in [1.165, 1.54) is 6.92 Å². The van der Waals surface area contributed by atoms with Crippen molar-refractivity contribution in [1.82, 2.24) is 9.97 Å². The molecule has 7 nitrogen and oxygen atoms in total. The Balaban J connectivity index is 1.89. The normalized spacial score (nSPS) is 10.4. The lowest BCUT2D eigenvalue weighted by Gasteiger charge is -2.13. The molecule has 0 bridgehead atoms. The minimum absolute atomic E-state index is 0.217. The second kappa shape index (κ2) is 7.69. The molecule has 0 unspecified atom stereocenters. The van der Waals surface area contributed by atoms with Gasteiger partial charge in [-0.3, -0.25) is 10.1 Å². The Morgan fingerprint density at radius 2 is 1.81 bits per heavy atom. The van der Waals surface area contributed by atoms with Crippen LogP contribution in [-0.2, 0) is 11.3 Å². The number of amides is 1. The van der Waals surface area contributed by atoms with E-state index >= 15 is 0 Å². The Morgan fingerprint density at radius 1 is 1.04 bits per heavy atom. The minimum Gasteiger partial charge on any atom is -0.493 e. The van der Waals surface area contributed by atoms with Gasteiger partial charge in [0.05, 0.1) is 19.7 Å². The summed E-state index contributed by atoms with van der Waals surface area (Å²) in [5, 5.41) is 6.82. The fourth-order valence-corrected chi connectivity index (χ4v) is 2.60. The highest BCUT2D eigenvalue weighted by molar-refractivity contribution is 5.93. The number of rotatable bonds is 6. The third-order valence-corrected chi connectivity index (χ3v) is 3.80. The van der Waals surface area contributed by atoms with Crippen molar-refractivity contribution in [2.24, 2.45) is 0 Å². The summed E-state index contributed by atoms with van der Waals surface area (Å²) in [6, 6.07) is 13.3. The van der Waals surface area contributed by atoms with E-state index in [4.69, 9.17) is 9.47 Å². The van der Waals surface area contributed by atoms with Gasteiger partial charge in [-0.05, 0) is 29.8 Å². The van der Waals surface area contributed by atoms with E-state index in [1.807, 2.05) is 42.5 Å². The Hall–Kier alpha value is -3.35. The number of fused-ring (bicyclic) bond motifs is 1. The number of para-hydroxylation sites is 1. The van der Waals surface area contributed by atoms with Crippen LogP contribution < -0.4 is 20.1 Å². The maximum atomic E-state index is 11.3. The molecule has 3 aromatic rings. The number of nitrogens with zero attached hydrogens (tertiary/aromatic N) is 2. The summed E-state index contributed by atoms with van der Waals surface area (Å²) < 4.78 is 10.6. The molecule has 134 valence electrons. The van der Waals surface area contributed by atoms with Crippen molar-refractivity contribution in [3.8, 4) is 11.5 Å². The Bertz CT molecular complexity index is 943. The predicted molar refractivity (Wildman–Crippen MR) is 101 cm³/mol. The van der Waals surface area contributed by atoms with Gasteiger partial charge >= 0.3 is 0 Å². The van der Waals surface area contributed by atoms with Crippen LogP contribution in [-0.4, -0.2) is 30.1 Å². The average molecular weight is 352 g/mol. The van der Waals surface area contributed by atoms with Crippen molar-refractivity contribution >= 4 is 28.6 Å². The first-order chi connectivity index (χ1) is 12.6. The number of methoxy groups -OCH3 is 2. The van der Waals surface area contributed by atoms with Crippen LogP contribution in [0.25, 0.3) is 10.9 Å². The summed E-state index contributed by atoms with van der Waals surface area (Å²) in [5.41, 5.74) is 1.76. The summed E-state index contributed by atoms with van der Waals surface area (Å²) in [4.78, 5) is 20.1. The number of ether oxygens (including phenoxy) is 2. The van der Waals surface area contributed by atoms with E-state index in [0.29, 0.717) is 23.9 Å². The highest BCUT2D eigenvalue weighted by atomic mass is 16.5. The molecule has 2 aromatic carbocycles. The molecule has 0 fully saturated rings. The molecule has 3 rings (SSSR count). The highest BCUT2D eigenvalue weighted by Gasteiger charge is 2.09. The number of carbonyl (C=O) groups excluding carboxylic acids is 1. The van der Waals surface area contributed by atoms with E-state index < -0.39 is 0 Å². The molecule has 0 aliphatic heterocycles. The lowest BCUT2D eigenvalue weighted by Crippen LogP contribution is -2.11. The number of anilines is 2. The van der Waals surface area contributed by atoms with Crippen molar-refractivity contribution in [2.75, 3.05) is 24.9 Å². The molecule has 0 aliphatic rings.